The molecule has 0 aromatic heterocycles. The maximum Gasteiger partial charge on any atom is 0.110 e. The summed E-state index contributed by atoms with van der Waals surface area (Å²) in [6.45, 7) is 8.41. The van der Waals surface area contributed by atoms with Crippen molar-refractivity contribution in [3.8, 4) is 0 Å². The van der Waals surface area contributed by atoms with E-state index in [2.05, 4.69) is 0 Å². The van der Waals surface area contributed by atoms with Gasteiger partial charge >= 0.3 is 0 Å². The van der Waals surface area contributed by atoms with Crippen molar-refractivity contribution >= 4 is 7.79 Å². The first-order valence-corrected chi connectivity index (χ1v) is 7.22. The van der Waals surface area contributed by atoms with Gasteiger partial charge in [-0.25, -0.2) is 0 Å². The Labute approximate surface area is 93.7 Å². The van der Waals surface area contributed by atoms with Crippen LogP contribution in [0.5, 0.6) is 0 Å². The van der Waals surface area contributed by atoms with Gasteiger partial charge in [-0.15, -0.1) is 0 Å². The normalized spacial score (nSPS) is 23.6. The first kappa shape index (κ1) is 13.3. The Bertz CT molecular complexity index is 208. The molecule has 0 aromatic rings. The van der Waals surface area contributed by atoms with Crippen molar-refractivity contribution in [1.29, 1.82) is 0 Å². The molecule has 0 aromatic carbocycles. The summed E-state index contributed by atoms with van der Waals surface area (Å²) in [6.07, 6.45) is 0.622. The van der Waals surface area contributed by atoms with Gasteiger partial charge in [0.2, 0.25) is 0 Å². The topological polar surface area (TPSA) is 38.8 Å². The van der Waals surface area contributed by atoms with E-state index in [9.17, 15) is 4.89 Å². The van der Waals surface area contributed by atoms with Crippen LogP contribution >= 0.6 is 7.79 Å². The summed E-state index contributed by atoms with van der Waals surface area (Å²) < 4.78 is 9.57. The summed E-state index contributed by atoms with van der Waals surface area (Å²) in [6, 6.07) is 0. The molecule has 0 atom stereocenters. The second kappa shape index (κ2) is 4.64. The van der Waals surface area contributed by atoms with Gasteiger partial charge in [-0.1, -0.05) is 0 Å². The van der Waals surface area contributed by atoms with Crippen molar-refractivity contribution in [2.45, 2.75) is 26.4 Å². The smallest absolute Gasteiger partial charge is 0.110 e. The third-order valence-corrected chi connectivity index (χ3v) is 6.03. The fourth-order valence-corrected chi connectivity index (χ4v) is 4.01. The predicted octanol–water partition coefficient (Wildman–Crippen LogP) is 0.802. The van der Waals surface area contributed by atoms with Gasteiger partial charge < -0.3 is 9.63 Å². The van der Waals surface area contributed by atoms with Crippen molar-refractivity contribution in [2.24, 2.45) is 0 Å². The second-order valence-corrected chi connectivity index (χ2v) is 8.25. The number of hydrogen-bond donors (Lipinski definition) is 0. The molecule has 1 fully saturated rings. The lowest BCUT2D eigenvalue weighted by atomic mass is 10.2. The lowest BCUT2D eigenvalue weighted by Gasteiger charge is -2.36. The minimum absolute atomic E-state index is 0.143. The fraction of sp³-hybridized carbons (Fsp3) is 1.00. The summed E-state index contributed by atoms with van der Waals surface area (Å²) in [7, 11) is 1.57. The Balaban J connectivity index is 2.43. The summed E-state index contributed by atoms with van der Waals surface area (Å²) >= 11 is 0. The molecular formula is C10H23N2O2P. The molecule has 1 saturated heterocycles. The van der Waals surface area contributed by atoms with Gasteiger partial charge in [0.05, 0.1) is 25.3 Å². The number of hydrogen-bond acceptors (Lipinski definition) is 4. The highest BCUT2D eigenvalue weighted by atomic mass is 31.2. The molecule has 0 unspecified atom stereocenters. The van der Waals surface area contributed by atoms with Crippen molar-refractivity contribution in [3.05, 3.63) is 0 Å². The highest BCUT2D eigenvalue weighted by Gasteiger charge is 2.42. The molecular weight excluding hydrogens is 211 g/mol. The fourth-order valence-electron chi connectivity index (χ4n) is 1.67. The zero-order valence-electron chi connectivity index (χ0n) is 10.5. The van der Waals surface area contributed by atoms with E-state index in [1.165, 1.54) is 0 Å². The molecule has 0 amide bonds. The summed E-state index contributed by atoms with van der Waals surface area (Å²) in [4.78, 5) is 12.5. The van der Waals surface area contributed by atoms with Gasteiger partial charge in [0.1, 0.15) is 14.0 Å². The molecule has 1 aliphatic heterocycles. The average Bonchev–Trinajstić information content (AvgIpc) is 2.31. The van der Waals surface area contributed by atoms with E-state index in [-0.39, 0.29) is 5.60 Å². The minimum Gasteiger partial charge on any atom is -0.651 e. The van der Waals surface area contributed by atoms with Gasteiger partial charge in [-0.05, 0) is 20.8 Å². The minimum atomic E-state index is -2.30. The molecule has 1 aliphatic rings. The molecule has 15 heavy (non-hydrogen) atoms. The quantitative estimate of drug-likeness (QED) is 0.677. The number of nitrogens with zero attached hydrogens (tertiary/aromatic N) is 2. The lowest BCUT2D eigenvalue weighted by Crippen LogP contribution is -2.34. The number of rotatable bonds is 3. The second-order valence-electron chi connectivity index (χ2n) is 5.11. The molecule has 0 radical (unpaired) electrons. The molecule has 0 N–H and O–H groups in total. The lowest BCUT2D eigenvalue weighted by molar-refractivity contribution is -0.189. The van der Waals surface area contributed by atoms with E-state index >= 15 is 0 Å². The van der Waals surface area contributed by atoms with Crippen LogP contribution in [0.15, 0.2) is 0 Å². The van der Waals surface area contributed by atoms with Gasteiger partial charge in [0, 0.05) is 14.1 Å². The molecule has 5 heteroatoms. The van der Waals surface area contributed by atoms with Crippen LogP contribution in [0.2, 0.25) is 0 Å². The van der Waals surface area contributed by atoms with E-state index in [0.717, 1.165) is 13.1 Å². The Kier molecular flexibility index (Phi) is 4.13. The van der Waals surface area contributed by atoms with Crippen molar-refractivity contribution in [2.75, 3.05) is 40.0 Å². The van der Waals surface area contributed by atoms with Crippen molar-refractivity contribution < 1.29 is 9.63 Å². The van der Waals surface area contributed by atoms with Crippen LogP contribution in [-0.4, -0.2) is 54.9 Å². The van der Waals surface area contributed by atoms with Crippen LogP contribution in [0.4, 0.5) is 0 Å². The third kappa shape index (κ3) is 3.36. The Morgan fingerprint density at radius 2 is 1.67 bits per heavy atom. The monoisotopic (exact) mass is 234 g/mol. The van der Waals surface area contributed by atoms with Gasteiger partial charge in [0.15, 0.2) is 0 Å². The van der Waals surface area contributed by atoms with E-state index in [1.54, 1.807) is 0 Å². The molecule has 1 rings (SSSR count). The van der Waals surface area contributed by atoms with Crippen LogP contribution in [0.1, 0.15) is 20.8 Å². The standard InChI is InChI=1S/C10H23N2O2P/c1-10(2,3)14-8-9-15(13)11(4)6-7-12(15)5/h6-9H2,1-5H3. The molecule has 1 heterocycles. The average molecular weight is 234 g/mol. The molecule has 90 valence electrons. The van der Waals surface area contributed by atoms with Crippen LogP contribution in [0.25, 0.3) is 0 Å². The number of likely N-dealkylation sites (N-methyl/N-ethyl adjacent to an activating group) is 2. The molecule has 0 spiro atoms. The van der Waals surface area contributed by atoms with Crippen molar-refractivity contribution in [1.82, 2.24) is 9.34 Å². The number of ether oxygens (including phenoxy) is 1. The predicted molar refractivity (Wildman–Crippen MR) is 62.8 cm³/mol. The van der Waals surface area contributed by atoms with Crippen LogP contribution in [0.3, 0.4) is 0 Å². The van der Waals surface area contributed by atoms with Crippen molar-refractivity contribution in [3.63, 3.8) is 0 Å². The first-order chi connectivity index (χ1) is 6.76. The maximum absolute atomic E-state index is 12.5. The van der Waals surface area contributed by atoms with Gasteiger partial charge in [0.25, 0.3) is 0 Å². The highest BCUT2D eigenvalue weighted by molar-refractivity contribution is 7.64. The van der Waals surface area contributed by atoms with E-state index in [4.69, 9.17) is 4.74 Å². The molecule has 0 aliphatic carbocycles. The Morgan fingerprint density at radius 1 is 1.20 bits per heavy atom. The van der Waals surface area contributed by atoms with Crippen LogP contribution in [-0.2, 0) is 4.74 Å². The van der Waals surface area contributed by atoms with E-state index in [1.807, 2.05) is 44.2 Å². The summed E-state index contributed by atoms with van der Waals surface area (Å²) in [5, 5.41) is 0. The SMILES string of the molecule is CN1CCN(C)[P+]1([O-])CCOC(C)(C)C. The molecule has 0 bridgehead atoms. The zero-order chi connectivity index (χ0) is 11.7. The first-order valence-electron chi connectivity index (χ1n) is 5.42. The third-order valence-electron chi connectivity index (χ3n) is 2.73. The largest absolute Gasteiger partial charge is 0.651 e. The van der Waals surface area contributed by atoms with Gasteiger partial charge in [-0.2, -0.15) is 9.34 Å². The Hall–Kier alpha value is 0.270. The summed E-state index contributed by atoms with van der Waals surface area (Å²) in [5.74, 6) is 0. The van der Waals surface area contributed by atoms with E-state index < -0.39 is 7.79 Å². The summed E-state index contributed by atoms with van der Waals surface area (Å²) in [5.41, 5.74) is -0.143. The molecule has 4 nitrogen and oxygen atoms in total. The van der Waals surface area contributed by atoms with Crippen LogP contribution < -0.4 is 4.89 Å². The van der Waals surface area contributed by atoms with Gasteiger partial charge in [-0.3, -0.25) is 0 Å². The van der Waals surface area contributed by atoms with Crippen LogP contribution in [0, 0.1) is 0 Å². The van der Waals surface area contributed by atoms with E-state index in [0.29, 0.717) is 12.8 Å². The zero-order valence-corrected chi connectivity index (χ0v) is 11.4. The molecule has 0 saturated carbocycles. The highest BCUT2D eigenvalue weighted by Crippen LogP contribution is 2.58. The maximum atomic E-state index is 12.5. The Morgan fingerprint density at radius 3 is 2.07 bits per heavy atom.